The van der Waals surface area contributed by atoms with E-state index in [4.69, 9.17) is 51.4 Å². The summed E-state index contributed by atoms with van der Waals surface area (Å²) in [5.41, 5.74) is 8.48. The summed E-state index contributed by atoms with van der Waals surface area (Å²) in [6, 6.07) is 0.351. The number of amides is 12. The van der Waals surface area contributed by atoms with Gasteiger partial charge in [-0.15, -0.1) is 0 Å². The van der Waals surface area contributed by atoms with Gasteiger partial charge in [-0.2, -0.15) is 0 Å². The number of carbonyl (C=O) groups excluding carboxylic acids is 17. The van der Waals surface area contributed by atoms with E-state index in [-0.39, 0.29) is 117 Å². The van der Waals surface area contributed by atoms with Crippen molar-refractivity contribution in [3.8, 4) is 0 Å². The van der Waals surface area contributed by atoms with Gasteiger partial charge in [0.2, 0.25) is 29.5 Å². The van der Waals surface area contributed by atoms with Gasteiger partial charge in [0.1, 0.15) is 47.0 Å². The van der Waals surface area contributed by atoms with E-state index in [0.717, 1.165) is 9.80 Å². The zero-order valence-electron chi connectivity index (χ0n) is 83.7. The number of likely N-dealkylation sites (N-methyl/N-ethyl adjacent to an activating group) is 3. The molecule has 0 unspecified atom stereocenters. The molecular formula is C92H146LiN15O25. The van der Waals surface area contributed by atoms with Crippen LogP contribution in [-0.4, -0.2) is 314 Å². The van der Waals surface area contributed by atoms with Crippen molar-refractivity contribution in [1.29, 1.82) is 0 Å². The van der Waals surface area contributed by atoms with Gasteiger partial charge in [-0.3, -0.25) is 67.3 Å². The zero-order valence-corrected chi connectivity index (χ0v) is 83.7. The van der Waals surface area contributed by atoms with Crippen LogP contribution in [0.3, 0.4) is 0 Å². The average Bonchev–Trinajstić information content (AvgIpc) is 1.67. The Morgan fingerprint density at radius 1 is 0.406 bits per heavy atom. The van der Waals surface area contributed by atoms with Crippen molar-refractivity contribution in [3.05, 3.63) is 76.7 Å². The first-order valence-corrected chi connectivity index (χ1v) is 43.8. The minimum atomic E-state index is -1.16. The van der Waals surface area contributed by atoms with Crippen LogP contribution in [0.5, 0.6) is 0 Å². The van der Waals surface area contributed by atoms with Crippen LogP contribution in [-0.2, 0) is 76.4 Å². The summed E-state index contributed by atoms with van der Waals surface area (Å²) in [4.78, 5) is 242. The molecule has 2 aromatic carbocycles. The molecule has 4 heterocycles. The van der Waals surface area contributed by atoms with E-state index in [0.29, 0.717) is 5.56 Å². The number of rotatable bonds is 25. The molecule has 2 aromatic rings. The Labute approximate surface area is 793 Å². The summed E-state index contributed by atoms with van der Waals surface area (Å²) >= 11 is 0. The Balaban J connectivity index is 0.000000817. The van der Waals surface area contributed by atoms with Gasteiger partial charge in [-0.05, 0) is 180 Å². The summed E-state index contributed by atoms with van der Waals surface area (Å²) in [6.45, 7) is 44.6. The minimum absolute atomic E-state index is 0. The molecule has 40 nitrogen and oxygen atoms in total. The van der Waals surface area contributed by atoms with Gasteiger partial charge in [0.25, 0.3) is 23.6 Å². The number of ketones is 3. The molecule has 0 aliphatic carbocycles. The van der Waals surface area contributed by atoms with Crippen LogP contribution in [0, 0.1) is 27.6 Å². The first-order chi connectivity index (χ1) is 60.3. The Hall–Kier alpha value is -10.7. The number of carboxylic acids is 1. The molecule has 0 saturated carbocycles. The third kappa shape index (κ3) is 34.3. The predicted octanol–water partition coefficient (Wildman–Crippen LogP) is 3.86. The SMILES string of the molecule is COC(=O)[C@@H]1C[C@H](NC(=O)c2ccc(C(=O)N[C@H]3C[C@@H](C(C)=O)N(C(=O)[C@@H](CC(=O)[C@H](C)N(C)C(=O)OC(C)(C)C)C(C)(C)C)C3)cc2)CN1C(=O)[C@@H](NC(=O)[C@H](C)N(C)C(=O)OC(C)(C)C)C(C)(C)C.COC(=O)[C@@H]1C[C@H](NC(=O)c2ccc(C(=O)N[C@H]3C[C@@H](C(C)=O)N(C(=O)[C@@H](N)C(C)(C)C)C3)cc2)CN1C(=O)[C@@H](N)C(C)(C)C.C[C@@H](C(=O)O)N(C)C(=O)OC(C)(C)C.[Li+].[NH-]O. The Morgan fingerprint density at radius 3 is 0.910 bits per heavy atom. The van der Waals surface area contributed by atoms with E-state index in [1.165, 1.54) is 136 Å². The van der Waals surface area contributed by atoms with Gasteiger partial charge < -0.3 is 102 Å². The third-order valence-electron chi connectivity index (χ3n) is 22.9. The normalized spacial score (nSPS) is 20.0. The molecule has 12 N–H and O–H groups in total. The van der Waals surface area contributed by atoms with Crippen LogP contribution in [0.2, 0.25) is 0 Å². The number of nitrogens with two attached hydrogens (primary N) is 2. The number of likely N-dealkylation sites (tertiary alicyclic amines) is 4. The summed E-state index contributed by atoms with van der Waals surface area (Å²) in [6.07, 6.45) is -1.65. The number of nitrogens with zero attached hydrogens (tertiary/aromatic N) is 7. The molecule has 6 rings (SSSR count). The van der Waals surface area contributed by atoms with Crippen LogP contribution in [0.4, 0.5) is 14.4 Å². The molecule has 4 saturated heterocycles. The number of nitrogens with one attached hydrogen (secondary N) is 6. The maximum absolute atomic E-state index is 14.3. The van der Waals surface area contributed by atoms with Gasteiger partial charge in [0.05, 0.1) is 44.4 Å². The second kappa shape index (κ2) is 48.5. The molecule has 4 aliphatic rings. The van der Waals surface area contributed by atoms with Gasteiger partial charge in [0.15, 0.2) is 17.3 Å². The predicted molar refractivity (Wildman–Crippen MR) is 487 cm³/mol. The first-order valence-electron chi connectivity index (χ1n) is 43.8. The number of methoxy groups -OCH3 is 2. The van der Waals surface area contributed by atoms with Gasteiger partial charge in [0, 0.05) is 119 Å². The van der Waals surface area contributed by atoms with Gasteiger partial charge in [-0.25, -0.2) is 28.8 Å². The fourth-order valence-electron chi connectivity index (χ4n) is 14.4. The van der Waals surface area contributed by atoms with Crippen LogP contribution < -0.4 is 56.9 Å². The number of carboxylic acid groups (broad SMARTS) is 1. The van der Waals surface area contributed by atoms with E-state index < -0.39 is 212 Å². The van der Waals surface area contributed by atoms with Crippen LogP contribution >= 0.6 is 0 Å². The van der Waals surface area contributed by atoms with E-state index in [9.17, 15) is 86.3 Å². The summed E-state index contributed by atoms with van der Waals surface area (Å²) < 4.78 is 25.7. The molecule has 4 aliphatic heterocycles. The number of hydrogen-bond donors (Lipinski definition) is 9. The maximum atomic E-state index is 14.3. The third-order valence-corrected chi connectivity index (χ3v) is 22.9. The molecule has 12 amide bonds. The number of esters is 2. The molecule has 4 fully saturated rings. The number of benzene rings is 2. The van der Waals surface area contributed by atoms with E-state index >= 15 is 0 Å². The number of ether oxygens (including phenoxy) is 5. The summed E-state index contributed by atoms with van der Waals surface area (Å²) in [7, 11) is 6.69. The number of Topliss-reactive ketones (excluding diaryl/α,β-unsaturated/α-hetero) is 3. The van der Waals surface area contributed by atoms with Crippen molar-refractivity contribution < 1.29 is 139 Å². The minimum Gasteiger partial charge on any atom is -0.553 e. The molecule has 0 spiro atoms. The number of hydrogen-bond acceptors (Lipinski definition) is 26. The van der Waals surface area contributed by atoms with E-state index in [1.807, 2.05) is 62.3 Å². The summed E-state index contributed by atoms with van der Waals surface area (Å²) in [5, 5.41) is 29.2. The van der Waals surface area contributed by atoms with Crippen molar-refractivity contribution in [2.45, 2.75) is 314 Å². The van der Waals surface area contributed by atoms with Crippen LogP contribution in [0.1, 0.15) is 254 Å². The first kappa shape index (κ1) is 118. The van der Waals surface area contributed by atoms with E-state index in [2.05, 4.69) is 26.6 Å². The van der Waals surface area contributed by atoms with Crippen LogP contribution in [0.15, 0.2) is 48.5 Å². The van der Waals surface area contributed by atoms with Crippen molar-refractivity contribution in [3.63, 3.8) is 0 Å². The maximum Gasteiger partial charge on any atom is 1.00 e. The van der Waals surface area contributed by atoms with Crippen molar-refractivity contribution in [2.24, 2.45) is 39.0 Å². The van der Waals surface area contributed by atoms with Crippen molar-refractivity contribution >= 4 is 107 Å². The second-order valence-electron chi connectivity index (χ2n) is 41.3. The molecule has 740 valence electrons. The quantitative estimate of drug-likeness (QED) is 0.0295. The topological polar surface area (TPSA) is 553 Å². The Kier molecular flexibility index (Phi) is 43.2. The average molecular weight is 1870 g/mol. The molecule has 0 radical (unpaired) electrons. The Morgan fingerprint density at radius 2 is 0.662 bits per heavy atom. The molecule has 41 heteroatoms. The number of carbonyl (C=O) groups is 18. The van der Waals surface area contributed by atoms with Crippen molar-refractivity contribution in [2.75, 3.05) is 61.5 Å². The Bertz CT molecular complexity index is 4480. The van der Waals surface area contributed by atoms with Gasteiger partial charge >= 0.3 is 55.0 Å². The zero-order chi connectivity index (χ0) is 102. The smallest absolute Gasteiger partial charge is 0.553 e. The summed E-state index contributed by atoms with van der Waals surface area (Å²) in [5.74, 6) is -3.58. The van der Waals surface area contributed by atoms with E-state index in [1.54, 1.807) is 90.0 Å². The second-order valence-corrected chi connectivity index (χ2v) is 41.3. The molecule has 0 aromatic heterocycles. The van der Waals surface area contributed by atoms with Crippen molar-refractivity contribution in [1.82, 2.24) is 60.9 Å². The fourth-order valence-corrected chi connectivity index (χ4v) is 14.4. The molecule has 15 atom stereocenters. The largest absolute Gasteiger partial charge is 1.00 e. The molecule has 133 heavy (non-hydrogen) atoms. The fraction of sp³-hybridized carbons (Fsp3) is 0.674. The molecular weight excluding hydrogens is 1720 g/mol. The van der Waals surface area contributed by atoms with Gasteiger partial charge in [-0.1, -0.05) is 83.1 Å². The standard InChI is InChI=1S/C51H79N7O13.C32H48N6O7.C9H17NO4.Li.H2NO/c1-28(55(16)46(67)70-50(10,11)12)38(60)25-35(48(4,5)6)43(64)57-26-33(23-36(57)30(3)59)52-41(62)31-19-21-32(22-20-31)42(63)53-34-24-37(45(66)69-18)58(27-34)44(65)39(49(7,8)9)54-40(61)29(2)56(17)47(68)71-51(13,14)15;1-17(39)22-13-20(15-37(22)28(42)24(33)31(2,3)4)35-26(40)18-9-11-19(12-10-18)27(41)36-21-14-23(30(44)45-8)38(16-21)29(43)25(34)32(5,6)7;1-6(7(11)12)10(5)8(13)14-9(2,3)4;;1-2/h19-22,28-29,33-37,39H,23-27H2,1-18H3,(H,52,62)(H,53,63)(H,54,61);9-12,20-25H,13-16,33-34H2,1-8H3,(H,35,40)(H,36,41);6H,1-5H3,(H,11,12);;1-2H/q;;;+1;-1/t28-,29-,33-,34-,35+,36-,37-,39+;20-,21-,22-,23-,24+,25+;6-;;/m000../s1. The monoisotopic (exact) mass is 1870 g/mol. The molecule has 0 bridgehead atoms. The van der Waals surface area contributed by atoms with Crippen LogP contribution in [0.25, 0.3) is 5.90 Å². The number of aliphatic carboxylic acids is 1.